The molecule has 1 saturated heterocycles. The van der Waals surface area contributed by atoms with Crippen LogP contribution in [-0.2, 0) is 16.6 Å². The van der Waals surface area contributed by atoms with Gasteiger partial charge in [0, 0.05) is 24.9 Å². The van der Waals surface area contributed by atoms with Gasteiger partial charge in [-0.1, -0.05) is 11.2 Å². The summed E-state index contributed by atoms with van der Waals surface area (Å²) in [6.07, 6.45) is 4.13. The van der Waals surface area contributed by atoms with Gasteiger partial charge < -0.3 is 15.0 Å². The first kappa shape index (κ1) is 12.3. The number of rotatable bonds is 3. The molecule has 2 unspecified atom stereocenters. The van der Waals surface area contributed by atoms with Crippen LogP contribution < -0.4 is 5.73 Å². The number of nitrogens with two attached hydrogens (primary N) is 1. The average Bonchev–Trinajstić information content (AvgIpc) is 3.00. The van der Waals surface area contributed by atoms with Crippen LogP contribution in [0.1, 0.15) is 24.2 Å². The van der Waals surface area contributed by atoms with Crippen LogP contribution in [0.2, 0.25) is 0 Å². The van der Waals surface area contributed by atoms with E-state index in [-0.39, 0.29) is 11.5 Å². The molecular formula is C13H16N4O2. The van der Waals surface area contributed by atoms with E-state index in [1.807, 2.05) is 19.1 Å². The Balaban J connectivity index is 1.80. The molecule has 3 heterocycles. The molecule has 0 radical (unpaired) electrons. The Hall–Kier alpha value is -1.79. The fourth-order valence-electron chi connectivity index (χ4n) is 2.15. The summed E-state index contributed by atoms with van der Waals surface area (Å²) in [6, 6.07) is 3.76. The number of hydrogen-bond acceptors (Lipinski definition) is 6. The fourth-order valence-corrected chi connectivity index (χ4v) is 2.15. The molecule has 2 aromatic heterocycles. The average molecular weight is 260 g/mol. The van der Waals surface area contributed by atoms with E-state index < -0.39 is 0 Å². The van der Waals surface area contributed by atoms with Crippen molar-refractivity contribution in [3.05, 3.63) is 41.8 Å². The lowest BCUT2D eigenvalue weighted by Gasteiger charge is -2.21. The van der Waals surface area contributed by atoms with Crippen LogP contribution in [0, 0.1) is 0 Å². The van der Waals surface area contributed by atoms with Crippen LogP contribution in [-0.4, -0.2) is 34.4 Å². The SMILES string of the molecule is CC1(c2nc(Cc3cccnc3)no2)COCC1N. The van der Waals surface area contributed by atoms with E-state index in [2.05, 4.69) is 15.1 Å². The van der Waals surface area contributed by atoms with Crippen molar-refractivity contribution in [3.63, 3.8) is 0 Å². The second-order valence-corrected chi connectivity index (χ2v) is 5.09. The Bertz CT molecular complexity index is 557. The molecule has 0 bridgehead atoms. The molecule has 100 valence electrons. The van der Waals surface area contributed by atoms with E-state index in [0.29, 0.717) is 31.3 Å². The monoisotopic (exact) mass is 260 g/mol. The number of hydrogen-bond donors (Lipinski definition) is 1. The molecule has 0 amide bonds. The zero-order valence-electron chi connectivity index (χ0n) is 10.7. The van der Waals surface area contributed by atoms with Crippen molar-refractivity contribution in [1.82, 2.24) is 15.1 Å². The van der Waals surface area contributed by atoms with Crippen LogP contribution in [0.5, 0.6) is 0 Å². The van der Waals surface area contributed by atoms with Gasteiger partial charge in [0.2, 0.25) is 5.89 Å². The predicted octanol–water partition coefficient (Wildman–Crippen LogP) is 0.671. The predicted molar refractivity (Wildman–Crippen MR) is 67.5 cm³/mol. The third kappa shape index (κ3) is 2.24. The highest BCUT2D eigenvalue weighted by Crippen LogP contribution is 2.30. The maximum atomic E-state index is 6.04. The Morgan fingerprint density at radius 3 is 3.11 bits per heavy atom. The number of pyridine rings is 1. The highest BCUT2D eigenvalue weighted by molar-refractivity contribution is 5.16. The van der Waals surface area contributed by atoms with Crippen molar-refractivity contribution >= 4 is 0 Å². The summed E-state index contributed by atoms with van der Waals surface area (Å²) < 4.78 is 10.7. The lowest BCUT2D eigenvalue weighted by molar-refractivity contribution is 0.169. The first-order chi connectivity index (χ1) is 9.18. The largest absolute Gasteiger partial charge is 0.379 e. The Morgan fingerprint density at radius 1 is 1.53 bits per heavy atom. The number of aromatic nitrogens is 3. The molecule has 0 aliphatic carbocycles. The van der Waals surface area contributed by atoms with Gasteiger partial charge in [-0.05, 0) is 18.6 Å². The maximum absolute atomic E-state index is 6.04. The summed E-state index contributed by atoms with van der Waals surface area (Å²) in [5.74, 6) is 1.19. The Labute approximate surface area is 111 Å². The van der Waals surface area contributed by atoms with Crippen LogP contribution in [0.15, 0.2) is 29.0 Å². The van der Waals surface area contributed by atoms with Gasteiger partial charge in [-0.2, -0.15) is 4.98 Å². The topological polar surface area (TPSA) is 87.1 Å². The second-order valence-electron chi connectivity index (χ2n) is 5.09. The first-order valence-corrected chi connectivity index (χ1v) is 6.24. The molecule has 0 saturated carbocycles. The van der Waals surface area contributed by atoms with Gasteiger partial charge in [0.05, 0.1) is 18.6 Å². The molecular weight excluding hydrogens is 244 g/mol. The van der Waals surface area contributed by atoms with Crippen molar-refractivity contribution < 1.29 is 9.26 Å². The van der Waals surface area contributed by atoms with E-state index in [1.54, 1.807) is 12.4 Å². The van der Waals surface area contributed by atoms with Gasteiger partial charge in [-0.3, -0.25) is 4.98 Å². The molecule has 2 aromatic rings. The summed E-state index contributed by atoms with van der Waals surface area (Å²) in [7, 11) is 0. The molecule has 3 rings (SSSR count). The zero-order valence-corrected chi connectivity index (χ0v) is 10.7. The van der Waals surface area contributed by atoms with Crippen LogP contribution in [0.3, 0.4) is 0 Å². The number of ether oxygens (including phenoxy) is 1. The minimum Gasteiger partial charge on any atom is -0.379 e. The van der Waals surface area contributed by atoms with Crippen molar-refractivity contribution in [2.75, 3.05) is 13.2 Å². The van der Waals surface area contributed by atoms with Gasteiger partial charge in [0.25, 0.3) is 0 Å². The minimum atomic E-state index is -0.389. The lowest BCUT2D eigenvalue weighted by atomic mass is 9.86. The van der Waals surface area contributed by atoms with E-state index in [9.17, 15) is 0 Å². The molecule has 2 atom stereocenters. The summed E-state index contributed by atoms with van der Waals surface area (Å²) >= 11 is 0. The van der Waals surface area contributed by atoms with Crippen LogP contribution >= 0.6 is 0 Å². The van der Waals surface area contributed by atoms with Gasteiger partial charge in [-0.15, -0.1) is 0 Å². The molecule has 1 fully saturated rings. The summed E-state index contributed by atoms with van der Waals surface area (Å²) in [5, 5.41) is 4.01. The quantitative estimate of drug-likeness (QED) is 0.872. The molecule has 1 aliphatic heterocycles. The molecule has 19 heavy (non-hydrogen) atoms. The highest BCUT2D eigenvalue weighted by atomic mass is 16.5. The Morgan fingerprint density at radius 2 is 2.42 bits per heavy atom. The van der Waals surface area contributed by atoms with Crippen molar-refractivity contribution in [2.45, 2.75) is 24.8 Å². The van der Waals surface area contributed by atoms with Crippen molar-refractivity contribution in [2.24, 2.45) is 5.73 Å². The lowest BCUT2D eigenvalue weighted by Crippen LogP contribution is -2.42. The zero-order chi connectivity index (χ0) is 13.3. The standard InChI is InChI=1S/C13H16N4O2/c1-13(8-18-7-10(13)14)12-16-11(17-19-12)5-9-3-2-4-15-6-9/h2-4,6,10H,5,7-8,14H2,1H3. The van der Waals surface area contributed by atoms with Gasteiger partial charge >= 0.3 is 0 Å². The van der Waals surface area contributed by atoms with E-state index in [4.69, 9.17) is 15.0 Å². The maximum Gasteiger partial charge on any atom is 0.236 e. The molecule has 1 aliphatic rings. The van der Waals surface area contributed by atoms with Gasteiger partial charge in [0.15, 0.2) is 5.82 Å². The normalized spacial score (nSPS) is 26.7. The third-order valence-corrected chi connectivity index (χ3v) is 3.56. The summed E-state index contributed by atoms with van der Waals surface area (Å²) in [4.78, 5) is 8.51. The molecule has 0 aromatic carbocycles. The van der Waals surface area contributed by atoms with E-state index in [0.717, 1.165) is 5.56 Å². The van der Waals surface area contributed by atoms with E-state index >= 15 is 0 Å². The fraction of sp³-hybridized carbons (Fsp3) is 0.462. The third-order valence-electron chi connectivity index (χ3n) is 3.56. The van der Waals surface area contributed by atoms with Crippen LogP contribution in [0.25, 0.3) is 0 Å². The van der Waals surface area contributed by atoms with Crippen molar-refractivity contribution in [1.29, 1.82) is 0 Å². The minimum absolute atomic E-state index is 0.112. The molecule has 2 N–H and O–H groups in total. The Kier molecular flexibility index (Phi) is 3.04. The van der Waals surface area contributed by atoms with Crippen LogP contribution in [0.4, 0.5) is 0 Å². The smallest absolute Gasteiger partial charge is 0.236 e. The second kappa shape index (κ2) is 4.71. The summed E-state index contributed by atoms with van der Waals surface area (Å²) in [5.41, 5.74) is 6.70. The molecule has 0 spiro atoms. The molecule has 6 heteroatoms. The summed E-state index contributed by atoms with van der Waals surface area (Å²) in [6.45, 7) is 3.03. The van der Waals surface area contributed by atoms with Gasteiger partial charge in [-0.25, -0.2) is 0 Å². The van der Waals surface area contributed by atoms with E-state index in [1.165, 1.54) is 0 Å². The highest BCUT2D eigenvalue weighted by Gasteiger charge is 2.44. The van der Waals surface area contributed by atoms with Crippen molar-refractivity contribution in [3.8, 4) is 0 Å². The first-order valence-electron chi connectivity index (χ1n) is 6.24. The number of nitrogens with zero attached hydrogens (tertiary/aromatic N) is 3. The van der Waals surface area contributed by atoms with Gasteiger partial charge in [0.1, 0.15) is 0 Å². The molecule has 6 nitrogen and oxygen atoms in total.